The van der Waals surface area contributed by atoms with E-state index in [-0.39, 0.29) is 24.2 Å². The quantitative estimate of drug-likeness (QED) is 0.254. The summed E-state index contributed by atoms with van der Waals surface area (Å²) in [6, 6.07) is 16.9. The molecule has 0 saturated carbocycles. The van der Waals surface area contributed by atoms with E-state index in [4.69, 9.17) is 9.47 Å². The van der Waals surface area contributed by atoms with Crippen LogP contribution in [0.15, 0.2) is 66.9 Å². The molecule has 8 nitrogen and oxygen atoms in total. The van der Waals surface area contributed by atoms with Crippen molar-refractivity contribution < 1.29 is 23.5 Å². The molecule has 1 aliphatic heterocycles. The summed E-state index contributed by atoms with van der Waals surface area (Å²) in [7, 11) is 1.58. The van der Waals surface area contributed by atoms with E-state index in [0.29, 0.717) is 46.2 Å². The highest BCUT2D eigenvalue weighted by Gasteiger charge is 2.40. The fourth-order valence-corrected chi connectivity index (χ4v) is 4.90. The number of halogens is 1. The highest BCUT2D eigenvalue weighted by atomic mass is 19.1. The normalized spacial score (nSPS) is 15.8. The van der Waals surface area contributed by atoms with Crippen molar-refractivity contribution in [3.05, 3.63) is 101 Å². The Balaban J connectivity index is 1.53. The van der Waals surface area contributed by atoms with Crippen LogP contribution in [-0.2, 0) is 11.4 Å². The van der Waals surface area contributed by atoms with E-state index < -0.39 is 12.0 Å². The Morgan fingerprint density at radius 1 is 1.10 bits per heavy atom. The molecule has 4 aromatic rings. The van der Waals surface area contributed by atoms with Crippen molar-refractivity contribution in [2.75, 3.05) is 13.6 Å². The van der Waals surface area contributed by atoms with Gasteiger partial charge in [-0.1, -0.05) is 32.0 Å². The molecule has 2 unspecified atom stereocenters. The van der Waals surface area contributed by atoms with Gasteiger partial charge in [0.15, 0.2) is 0 Å². The van der Waals surface area contributed by atoms with Gasteiger partial charge in [-0.2, -0.15) is 0 Å². The van der Waals surface area contributed by atoms with Crippen LogP contribution in [0.4, 0.5) is 4.39 Å². The van der Waals surface area contributed by atoms with Crippen LogP contribution in [0.5, 0.6) is 11.5 Å². The second-order valence-electron chi connectivity index (χ2n) is 10.5. The topological polar surface area (TPSA) is 105 Å². The minimum atomic E-state index is -0.657. The third-order valence-corrected chi connectivity index (χ3v) is 6.99. The van der Waals surface area contributed by atoms with Gasteiger partial charge < -0.3 is 25.1 Å². The number of nitrogens with zero attached hydrogens (tertiary/aromatic N) is 1. The number of aromatic nitrogens is 2. The van der Waals surface area contributed by atoms with Crippen LogP contribution in [0.1, 0.15) is 58.9 Å². The zero-order chi connectivity index (χ0) is 29.1. The number of nitrogens with one attached hydrogen (secondary N) is 3. The molecule has 9 heteroatoms. The van der Waals surface area contributed by atoms with Gasteiger partial charge in [-0.3, -0.25) is 9.59 Å². The molecule has 5 rings (SSSR count). The molecule has 3 aromatic carbocycles. The number of carbonyl (C=O) groups excluding carboxylic acids is 2. The van der Waals surface area contributed by atoms with E-state index in [1.165, 1.54) is 12.1 Å². The molecule has 0 fully saturated rings. The Bertz CT molecular complexity index is 1560. The highest BCUT2D eigenvalue weighted by Crippen LogP contribution is 2.48. The van der Waals surface area contributed by atoms with Crippen LogP contribution in [0.25, 0.3) is 11.1 Å². The molecule has 2 atom stereocenters. The predicted octanol–water partition coefficient (Wildman–Crippen LogP) is 5.45. The van der Waals surface area contributed by atoms with Gasteiger partial charge in [-0.05, 0) is 66.4 Å². The largest absolute Gasteiger partial charge is 0.487 e. The Hall–Kier alpha value is -4.66. The molecule has 2 heterocycles. The van der Waals surface area contributed by atoms with Gasteiger partial charge in [0.1, 0.15) is 41.8 Å². The summed E-state index contributed by atoms with van der Waals surface area (Å²) in [5.41, 5.74) is 4.16. The number of H-pyrrole nitrogens is 1. The van der Waals surface area contributed by atoms with E-state index in [9.17, 15) is 14.0 Å². The number of benzene rings is 3. The van der Waals surface area contributed by atoms with Crippen molar-refractivity contribution in [2.24, 2.45) is 5.92 Å². The first-order chi connectivity index (χ1) is 19.7. The SMILES string of the molecule is CNC(=O)C1c2cc(-c3cc(C(=O)NCC(C)C)ccc3OCc3cnc(C)[nH]3)ccc2OC1c1ccc(F)cc1. The van der Waals surface area contributed by atoms with E-state index in [1.54, 1.807) is 43.6 Å². The Morgan fingerprint density at radius 2 is 1.88 bits per heavy atom. The van der Waals surface area contributed by atoms with Crippen LogP contribution in [0.2, 0.25) is 0 Å². The smallest absolute Gasteiger partial charge is 0.251 e. The Kier molecular flexibility index (Phi) is 8.05. The number of ether oxygens (including phenoxy) is 2. The summed E-state index contributed by atoms with van der Waals surface area (Å²) in [4.78, 5) is 33.5. The first-order valence-electron chi connectivity index (χ1n) is 13.6. The molecule has 1 aromatic heterocycles. The zero-order valence-corrected chi connectivity index (χ0v) is 23.5. The van der Waals surface area contributed by atoms with Crippen molar-refractivity contribution in [2.45, 2.75) is 39.4 Å². The average Bonchev–Trinajstić information content (AvgIpc) is 3.57. The summed E-state index contributed by atoms with van der Waals surface area (Å²) >= 11 is 0. The van der Waals surface area contributed by atoms with Crippen molar-refractivity contribution in [1.29, 1.82) is 0 Å². The van der Waals surface area contributed by atoms with Gasteiger partial charge in [0.2, 0.25) is 5.91 Å². The van der Waals surface area contributed by atoms with Crippen LogP contribution >= 0.6 is 0 Å². The fourth-order valence-electron chi connectivity index (χ4n) is 4.90. The lowest BCUT2D eigenvalue weighted by Crippen LogP contribution is -2.28. The number of imidazole rings is 1. The third-order valence-electron chi connectivity index (χ3n) is 6.99. The third kappa shape index (κ3) is 6.09. The Morgan fingerprint density at radius 3 is 2.56 bits per heavy atom. The molecule has 2 amide bonds. The minimum Gasteiger partial charge on any atom is -0.487 e. The van der Waals surface area contributed by atoms with Gasteiger partial charge in [0, 0.05) is 30.3 Å². The van der Waals surface area contributed by atoms with Crippen molar-refractivity contribution in [1.82, 2.24) is 20.6 Å². The van der Waals surface area contributed by atoms with Gasteiger partial charge in [-0.25, -0.2) is 9.37 Å². The molecule has 0 bridgehead atoms. The second kappa shape index (κ2) is 11.8. The van der Waals surface area contributed by atoms with Crippen LogP contribution in [0, 0.1) is 18.7 Å². The number of amides is 2. The summed E-state index contributed by atoms with van der Waals surface area (Å²) in [6.07, 6.45) is 1.10. The average molecular weight is 557 g/mol. The van der Waals surface area contributed by atoms with Gasteiger partial charge in [-0.15, -0.1) is 0 Å². The van der Waals surface area contributed by atoms with Crippen LogP contribution in [0.3, 0.4) is 0 Å². The summed E-state index contributed by atoms with van der Waals surface area (Å²) in [5, 5.41) is 5.70. The van der Waals surface area contributed by atoms with E-state index in [1.807, 2.05) is 39.0 Å². The monoisotopic (exact) mass is 556 g/mol. The number of aromatic amines is 1. The first kappa shape index (κ1) is 27.9. The molecular weight excluding hydrogens is 523 g/mol. The lowest BCUT2D eigenvalue weighted by molar-refractivity contribution is -0.123. The second-order valence-corrected chi connectivity index (χ2v) is 10.5. The number of aryl methyl sites for hydroxylation is 1. The predicted molar refractivity (Wildman–Crippen MR) is 153 cm³/mol. The van der Waals surface area contributed by atoms with Crippen molar-refractivity contribution in [3.63, 3.8) is 0 Å². The standard InChI is InChI=1S/C32H33FN4O4/c1-18(2)15-36-31(38)22-8-11-27(40-17-24-16-35-19(3)37-24)25(14-22)21-7-12-28-26(13-21)29(32(39)34-4)30(41-28)20-5-9-23(33)10-6-20/h5-14,16,18,29-30H,15,17H2,1-4H3,(H,34,39)(H,35,37)(H,36,38). The Labute approximate surface area is 238 Å². The molecule has 212 valence electrons. The highest BCUT2D eigenvalue weighted by molar-refractivity contribution is 5.96. The van der Waals surface area contributed by atoms with Crippen molar-refractivity contribution in [3.8, 4) is 22.6 Å². The molecule has 41 heavy (non-hydrogen) atoms. The van der Waals surface area contributed by atoms with Gasteiger partial charge in [0.05, 0.1) is 11.9 Å². The minimum absolute atomic E-state index is 0.181. The maximum atomic E-state index is 13.6. The fraction of sp³-hybridized carbons (Fsp3) is 0.281. The first-order valence-corrected chi connectivity index (χ1v) is 13.6. The van der Waals surface area contributed by atoms with Crippen LogP contribution < -0.4 is 20.1 Å². The van der Waals surface area contributed by atoms with Crippen LogP contribution in [-0.4, -0.2) is 35.4 Å². The van der Waals surface area contributed by atoms with Gasteiger partial charge >= 0.3 is 0 Å². The van der Waals surface area contributed by atoms with Crippen molar-refractivity contribution >= 4 is 11.8 Å². The lowest BCUT2D eigenvalue weighted by Gasteiger charge is -2.18. The van der Waals surface area contributed by atoms with E-state index in [0.717, 1.165) is 17.1 Å². The van der Waals surface area contributed by atoms with E-state index >= 15 is 0 Å². The molecule has 0 saturated heterocycles. The van der Waals surface area contributed by atoms with E-state index in [2.05, 4.69) is 20.6 Å². The molecule has 3 N–H and O–H groups in total. The number of hydrogen-bond donors (Lipinski definition) is 3. The summed E-state index contributed by atoms with van der Waals surface area (Å²) in [6.45, 7) is 6.76. The molecule has 1 aliphatic rings. The maximum Gasteiger partial charge on any atom is 0.251 e. The zero-order valence-electron chi connectivity index (χ0n) is 23.5. The van der Waals surface area contributed by atoms with Gasteiger partial charge in [0.25, 0.3) is 5.91 Å². The summed E-state index contributed by atoms with van der Waals surface area (Å²) < 4.78 is 26.0. The molecular formula is C32H33FN4O4. The molecule has 0 radical (unpaired) electrons. The number of hydrogen-bond acceptors (Lipinski definition) is 5. The lowest BCUT2D eigenvalue weighted by atomic mass is 9.88. The summed E-state index contributed by atoms with van der Waals surface area (Å²) in [5.74, 6) is 0.819. The number of fused-ring (bicyclic) bond motifs is 1. The number of rotatable bonds is 9. The maximum absolute atomic E-state index is 13.6. The number of carbonyl (C=O) groups is 2. The number of likely N-dealkylation sites (N-methyl/N-ethyl adjacent to an activating group) is 1. The molecule has 0 aliphatic carbocycles. The molecule has 0 spiro atoms.